The van der Waals surface area contributed by atoms with Crippen LogP contribution in [0.15, 0.2) is 18.2 Å². The zero-order chi connectivity index (χ0) is 13.9. The van der Waals surface area contributed by atoms with E-state index >= 15 is 0 Å². The molecule has 2 unspecified atom stereocenters. The second-order valence-corrected chi connectivity index (χ2v) is 6.30. The minimum atomic E-state index is -0.0591. The Hall–Kier alpha value is -1.07. The molecule has 1 fully saturated rings. The van der Waals surface area contributed by atoms with E-state index < -0.39 is 0 Å². The molecule has 0 aromatic heterocycles. The summed E-state index contributed by atoms with van der Waals surface area (Å²) in [5, 5.41) is 2.84. The van der Waals surface area contributed by atoms with E-state index in [9.17, 15) is 4.79 Å². The Morgan fingerprint density at radius 3 is 3.10 bits per heavy atom. The van der Waals surface area contributed by atoms with Gasteiger partial charge in [0.15, 0.2) is 0 Å². The highest BCUT2D eigenvalue weighted by Gasteiger charge is 2.23. The van der Waals surface area contributed by atoms with E-state index in [4.69, 9.17) is 9.47 Å². The lowest BCUT2D eigenvalue weighted by Crippen LogP contribution is -2.24. The van der Waals surface area contributed by atoms with Crippen LogP contribution in [-0.2, 0) is 4.74 Å². The Kier molecular flexibility index (Phi) is 4.27. The number of carbonyl (C=O) groups is 1. The van der Waals surface area contributed by atoms with Gasteiger partial charge in [-0.3, -0.25) is 4.79 Å². The highest BCUT2D eigenvalue weighted by molar-refractivity contribution is 9.09. The summed E-state index contributed by atoms with van der Waals surface area (Å²) in [5.41, 5.74) is 1.72. The Bertz CT molecular complexity index is 500. The smallest absolute Gasteiger partial charge is 0.255 e. The van der Waals surface area contributed by atoms with Gasteiger partial charge in [-0.1, -0.05) is 22.0 Å². The molecule has 2 aliphatic heterocycles. The number of hydrogen-bond acceptors (Lipinski definition) is 3. The zero-order valence-electron chi connectivity index (χ0n) is 11.2. The average molecular weight is 340 g/mol. The molecule has 5 heteroatoms. The quantitative estimate of drug-likeness (QED) is 0.861. The van der Waals surface area contributed by atoms with Crippen molar-refractivity contribution in [1.82, 2.24) is 5.32 Å². The Balaban J connectivity index is 1.78. The predicted octanol–water partition coefficient (Wildman–Crippen LogP) is 2.81. The van der Waals surface area contributed by atoms with Gasteiger partial charge in [-0.2, -0.15) is 0 Å². The van der Waals surface area contributed by atoms with Crippen molar-refractivity contribution in [2.45, 2.75) is 30.2 Å². The number of amides is 1. The van der Waals surface area contributed by atoms with Crippen molar-refractivity contribution in [3.8, 4) is 5.75 Å². The predicted molar refractivity (Wildman–Crippen MR) is 79.5 cm³/mol. The molecule has 1 aromatic carbocycles. The van der Waals surface area contributed by atoms with Crippen LogP contribution in [0, 0.1) is 0 Å². The average Bonchev–Trinajstić information content (AvgIpc) is 2.89. The van der Waals surface area contributed by atoms with Crippen molar-refractivity contribution >= 4 is 21.8 Å². The van der Waals surface area contributed by atoms with Crippen LogP contribution in [0.4, 0.5) is 0 Å². The van der Waals surface area contributed by atoms with Gasteiger partial charge in [0.25, 0.3) is 5.91 Å². The minimum absolute atomic E-state index is 0.0591. The fourth-order valence-electron chi connectivity index (χ4n) is 2.66. The Morgan fingerprint density at radius 1 is 1.40 bits per heavy atom. The number of ether oxygens (including phenoxy) is 2. The van der Waals surface area contributed by atoms with E-state index in [1.165, 1.54) is 0 Å². The number of rotatable bonds is 3. The van der Waals surface area contributed by atoms with Gasteiger partial charge in [0.05, 0.1) is 18.2 Å². The number of fused-ring (bicyclic) bond motifs is 1. The van der Waals surface area contributed by atoms with Gasteiger partial charge in [-0.15, -0.1) is 0 Å². The van der Waals surface area contributed by atoms with E-state index in [0.717, 1.165) is 31.4 Å². The lowest BCUT2D eigenvalue weighted by molar-refractivity contribution is 0.0957. The van der Waals surface area contributed by atoms with E-state index in [1.54, 1.807) is 0 Å². The molecule has 1 amide bonds. The maximum atomic E-state index is 12.0. The first kappa shape index (κ1) is 13.9. The molecule has 20 heavy (non-hydrogen) atoms. The van der Waals surface area contributed by atoms with Crippen LogP contribution in [0.2, 0.25) is 0 Å². The number of benzene rings is 1. The zero-order valence-corrected chi connectivity index (χ0v) is 12.8. The van der Waals surface area contributed by atoms with E-state index in [-0.39, 0.29) is 10.7 Å². The molecule has 1 saturated heterocycles. The molecule has 4 nitrogen and oxygen atoms in total. The summed E-state index contributed by atoms with van der Waals surface area (Å²) in [6.07, 6.45) is 3.52. The van der Waals surface area contributed by atoms with Gasteiger partial charge in [0.1, 0.15) is 12.4 Å². The van der Waals surface area contributed by atoms with E-state index in [1.807, 2.05) is 18.2 Å². The van der Waals surface area contributed by atoms with Gasteiger partial charge in [0.2, 0.25) is 0 Å². The molecule has 0 aliphatic carbocycles. The summed E-state index contributed by atoms with van der Waals surface area (Å²) >= 11 is 3.71. The van der Waals surface area contributed by atoms with Gasteiger partial charge in [-0.25, -0.2) is 0 Å². The van der Waals surface area contributed by atoms with E-state index in [0.29, 0.717) is 30.6 Å². The molecule has 0 radical (unpaired) electrons. The van der Waals surface area contributed by atoms with Crippen molar-refractivity contribution < 1.29 is 14.3 Å². The number of hydrogen-bond donors (Lipinski definition) is 1. The molecule has 108 valence electrons. The maximum Gasteiger partial charge on any atom is 0.255 e. The fourth-order valence-corrected chi connectivity index (χ4v) is 3.37. The highest BCUT2D eigenvalue weighted by Crippen LogP contribution is 2.34. The number of carbonyl (C=O) groups excluding carboxylic acids is 1. The number of nitrogens with one attached hydrogen (secondary N) is 1. The number of alkyl halides is 1. The van der Waals surface area contributed by atoms with E-state index in [2.05, 4.69) is 21.2 Å². The Labute approximate surface area is 127 Å². The van der Waals surface area contributed by atoms with Gasteiger partial charge >= 0.3 is 0 Å². The second-order valence-electron chi connectivity index (χ2n) is 5.20. The summed E-state index contributed by atoms with van der Waals surface area (Å²) in [4.78, 5) is 12.2. The minimum Gasteiger partial charge on any atom is -0.491 e. The highest BCUT2D eigenvalue weighted by atomic mass is 79.9. The molecular weight excluding hydrogens is 322 g/mol. The summed E-state index contributed by atoms with van der Waals surface area (Å²) in [6.45, 7) is 1.94. The van der Waals surface area contributed by atoms with Crippen LogP contribution in [0.5, 0.6) is 5.75 Å². The molecule has 0 spiro atoms. The fraction of sp³-hybridized carbons (Fsp3) is 0.533. The van der Waals surface area contributed by atoms with Gasteiger partial charge < -0.3 is 14.8 Å². The molecule has 2 atom stereocenters. The SMILES string of the molecule is O=C1NCCOc2ccc(C(Br)CC3CCCO3)cc21. The third-order valence-corrected chi connectivity index (χ3v) is 4.65. The molecule has 2 heterocycles. The van der Waals surface area contributed by atoms with Gasteiger partial charge in [0, 0.05) is 11.4 Å². The summed E-state index contributed by atoms with van der Waals surface area (Å²) in [7, 11) is 0. The molecule has 3 rings (SSSR count). The molecular formula is C15H18BrNO3. The normalized spacial score (nSPS) is 23.4. The monoisotopic (exact) mass is 339 g/mol. The third-order valence-electron chi connectivity index (χ3n) is 3.75. The largest absolute Gasteiger partial charge is 0.491 e. The second kappa shape index (κ2) is 6.14. The van der Waals surface area contributed by atoms with Crippen LogP contribution >= 0.6 is 15.9 Å². The van der Waals surface area contributed by atoms with Crippen LogP contribution in [0.25, 0.3) is 0 Å². The van der Waals surface area contributed by atoms with Crippen LogP contribution in [0.3, 0.4) is 0 Å². The van der Waals surface area contributed by atoms with Crippen molar-refractivity contribution in [2.75, 3.05) is 19.8 Å². The first-order valence-electron chi connectivity index (χ1n) is 7.04. The maximum absolute atomic E-state index is 12.0. The Morgan fingerprint density at radius 2 is 2.30 bits per heavy atom. The first-order valence-corrected chi connectivity index (χ1v) is 7.96. The number of halogens is 1. The van der Waals surface area contributed by atoms with Crippen molar-refractivity contribution in [3.63, 3.8) is 0 Å². The van der Waals surface area contributed by atoms with Crippen molar-refractivity contribution in [3.05, 3.63) is 29.3 Å². The summed E-state index contributed by atoms with van der Waals surface area (Å²) in [6, 6.07) is 5.83. The van der Waals surface area contributed by atoms with Crippen LogP contribution < -0.4 is 10.1 Å². The molecule has 0 saturated carbocycles. The molecule has 1 N–H and O–H groups in total. The lowest BCUT2D eigenvalue weighted by atomic mass is 10.0. The molecule has 2 aliphatic rings. The van der Waals surface area contributed by atoms with Gasteiger partial charge in [-0.05, 0) is 37.0 Å². The first-order chi connectivity index (χ1) is 9.74. The lowest BCUT2D eigenvalue weighted by Gasteiger charge is -2.16. The molecule has 0 bridgehead atoms. The van der Waals surface area contributed by atoms with Crippen LogP contribution in [-0.4, -0.2) is 31.8 Å². The molecule has 1 aromatic rings. The standard InChI is InChI=1S/C15H18BrNO3/c16-13(9-11-2-1-6-19-11)10-3-4-14-12(8-10)15(18)17-5-7-20-14/h3-4,8,11,13H,1-2,5-7,9H2,(H,17,18). The van der Waals surface area contributed by atoms with Crippen molar-refractivity contribution in [2.24, 2.45) is 0 Å². The third kappa shape index (κ3) is 2.99. The summed E-state index contributed by atoms with van der Waals surface area (Å²) in [5.74, 6) is 0.608. The van der Waals surface area contributed by atoms with Crippen LogP contribution in [0.1, 0.15) is 40.0 Å². The summed E-state index contributed by atoms with van der Waals surface area (Å²) < 4.78 is 11.2. The van der Waals surface area contributed by atoms with Crippen molar-refractivity contribution in [1.29, 1.82) is 0 Å². The topological polar surface area (TPSA) is 47.6 Å².